The number of aromatic nitrogens is 1. The molecule has 1 aliphatic heterocycles. The fraction of sp³-hybridized carbons (Fsp3) is 0.429. The Labute approximate surface area is 149 Å². The summed E-state index contributed by atoms with van der Waals surface area (Å²) in [7, 11) is 0. The zero-order chi connectivity index (χ0) is 17.9. The summed E-state index contributed by atoms with van der Waals surface area (Å²) in [6.07, 6.45) is 7.14. The smallest absolute Gasteiger partial charge is 0.254 e. The Morgan fingerprint density at radius 1 is 1.28 bits per heavy atom. The molecule has 0 spiro atoms. The molecule has 1 N–H and O–H groups in total. The highest BCUT2D eigenvalue weighted by molar-refractivity contribution is 5.94. The van der Waals surface area contributed by atoms with Crippen LogP contribution in [0.3, 0.4) is 0 Å². The summed E-state index contributed by atoms with van der Waals surface area (Å²) in [5.41, 5.74) is 2.31. The van der Waals surface area contributed by atoms with Crippen molar-refractivity contribution in [2.24, 2.45) is 0 Å². The number of hydrogen-bond donors (Lipinski definition) is 1. The minimum Gasteiger partial charge on any atom is -0.390 e. The lowest BCUT2D eigenvalue weighted by Crippen LogP contribution is -2.30. The number of amides is 1. The Morgan fingerprint density at radius 3 is 2.68 bits per heavy atom. The number of likely N-dealkylation sites (tertiary alicyclic amines) is 1. The first-order valence-electron chi connectivity index (χ1n) is 8.96. The maximum Gasteiger partial charge on any atom is 0.254 e. The third kappa shape index (κ3) is 4.45. The van der Waals surface area contributed by atoms with Crippen LogP contribution in [0.2, 0.25) is 0 Å². The highest BCUT2D eigenvalue weighted by Gasteiger charge is 2.30. The van der Waals surface area contributed by atoms with Crippen LogP contribution in [0, 0.1) is 0 Å². The van der Waals surface area contributed by atoms with Crippen molar-refractivity contribution >= 4 is 5.91 Å². The summed E-state index contributed by atoms with van der Waals surface area (Å²) in [5.74, 6) is 0.0837. The number of benzene rings is 1. The van der Waals surface area contributed by atoms with E-state index in [1.807, 2.05) is 61.3 Å². The Balaban J connectivity index is 1.70. The summed E-state index contributed by atoms with van der Waals surface area (Å²) in [6.45, 7) is 4.42. The van der Waals surface area contributed by atoms with E-state index < -0.39 is 5.60 Å². The molecule has 4 heteroatoms. The summed E-state index contributed by atoms with van der Waals surface area (Å²) in [6, 6.07) is 11.9. The molecule has 3 rings (SSSR count). The zero-order valence-electron chi connectivity index (χ0n) is 15.0. The molecule has 0 radical (unpaired) electrons. The van der Waals surface area contributed by atoms with E-state index in [2.05, 4.69) is 4.98 Å². The molecule has 2 aromatic rings. The van der Waals surface area contributed by atoms with Crippen molar-refractivity contribution in [2.45, 2.75) is 51.2 Å². The largest absolute Gasteiger partial charge is 0.390 e. The molecule has 4 nitrogen and oxygen atoms in total. The number of rotatable bonds is 5. The van der Waals surface area contributed by atoms with Gasteiger partial charge in [-0.05, 0) is 68.9 Å². The average Bonchev–Trinajstić information content (AvgIpc) is 3.10. The van der Waals surface area contributed by atoms with Gasteiger partial charge in [0.2, 0.25) is 0 Å². The van der Waals surface area contributed by atoms with Gasteiger partial charge in [0.15, 0.2) is 0 Å². The fourth-order valence-corrected chi connectivity index (χ4v) is 3.36. The SMILES string of the molecule is CC(C)(O)CCc1ccc(C(=O)N2CCC[C@@H]2c2cccnc2)cc1. The van der Waals surface area contributed by atoms with Gasteiger partial charge in [0, 0.05) is 24.5 Å². The Morgan fingerprint density at radius 2 is 2.04 bits per heavy atom. The number of carbonyl (C=O) groups excluding carboxylic acids is 1. The molecule has 25 heavy (non-hydrogen) atoms. The standard InChI is InChI=1S/C21H26N2O2/c1-21(2,25)12-11-16-7-9-17(10-8-16)20(24)23-14-4-6-19(23)18-5-3-13-22-15-18/h3,5,7-10,13,15,19,25H,4,6,11-12,14H2,1-2H3/t19-/m1/s1. The lowest BCUT2D eigenvalue weighted by atomic mass is 9.98. The van der Waals surface area contributed by atoms with Crippen LogP contribution in [-0.2, 0) is 6.42 Å². The maximum absolute atomic E-state index is 12.9. The first-order chi connectivity index (χ1) is 11.9. The molecule has 1 aliphatic rings. The molecular weight excluding hydrogens is 312 g/mol. The van der Waals surface area contributed by atoms with E-state index in [1.165, 1.54) is 0 Å². The van der Waals surface area contributed by atoms with Crippen molar-refractivity contribution in [1.82, 2.24) is 9.88 Å². The van der Waals surface area contributed by atoms with Crippen molar-refractivity contribution in [3.05, 3.63) is 65.5 Å². The molecular formula is C21H26N2O2. The molecule has 0 unspecified atom stereocenters. The minimum absolute atomic E-state index is 0.0837. The predicted octanol–water partition coefficient (Wildman–Crippen LogP) is 3.76. The summed E-state index contributed by atoms with van der Waals surface area (Å²) < 4.78 is 0. The van der Waals surface area contributed by atoms with Gasteiger partial charge in [-0.25, -0.2) is 0 Å². The zero-order valence-corrected chi connectivity index (χ0v) is 15.0. The van der Waals surface area contributed by atoms with Crippen molar-refractivity contribution in [3.63, 3.8) is 0 Å². The second-order valence-electron chi connectivity index (χ2n) is 7.45. The first kappa shape index (κ1) is 17.6. The van der Waals surface area contributed by atoms with Crippen molar-refractivity contribution in [3.8, 4) is 0 Å². The molecule has 1 fully saturated rings. The van der Waals surface area contributed by atoms with Crippen molar-refractivity contribution in [2.75, 3.05) is 6.54 Å². The average molecular weight is 338 g/mol. The van der Waals surface area contributed by atoms with Crippen molar-refractivity contribution in [1.29, 1.82) is 0 Å². The van der Waals surface area contributed by atoms with Crippen LogP contribution in [0.25, 0.3) is 0 Å². The molecule has 0 aliphatic carbocycles. The fourth-order valence-electron chi connectivity index (χ4n) is 3.36. The Kier molecular flexibility index (Phi) is 5.19. The van der Waals surface area contributed by atoms with Gasteiger partial charge in [0.25, 0.3) is 5.91 Å². The van der Waals surface area contributed by atoms with E-state index in [1.54, 1.807) is 6.20 Å². The number of carbonyl (C=O) groups is 1. The number of pyridine rings is 1. The Hall–Kier alpha value is -2.20. The molecule has 0 bridgehead atoms. The van der Waals surface area contributed by atoms with Crippen LogP contribution in [0.4, 0.5) is 0 Å². The third-order valence-corrected chi connectivity index (χ3v) is 4.81. The molecule has 0 saturated carbocycles. The minimum atomic E-state index is -0.666. The van der Waals surface area contributed by atoms with E-state index in [0.717, 1.165) is 42.5 Å². The van der Waals surface area contributed by atoms with Crippen molar-refractivity contribution < 1.29 is 9.90 Å². The van der Waals surface area contributed by atoms with E-state index in [4.69, 9.17) is 0 Å². The van der Waals surface area contributed by atoms with Crippen LogP contribution in [0.5, 0.6) is 0 Å². The summed E-state index contributed by atoms with van der Waals surface area (Å²) >= 11 is 0. The van der Waals surface area contributed by atoms with Gasteiger partial charge in [-0.15, -0.1) is 0 Å². The van der Waals surface area contributed by atoms with Gasteiger partial charge in [-0.2, -0.15) is 0 Å². The Bertz CT molecular complexity index is 705. The van der Waals surface area contributed by atoms with Crippen LogP contribution in [-0.4, -0.2) is 33.0 Å². The number of aryl methyl sites for hydroxylation is 1. The maximum atomic E-state index is 12.9. The van der Waals surface area contributed by atoms with Crippen LogP contribution < -0.4 is 0 Å². The molecule has 1 atom stereocenters. The van der Waals surface area contributed by atoms with Crippen LogP contribution in [0.1, 0.15) is 60.6 Å². The second kappa shape index (κ2) is 7.36. The van der Waals surface area contributed by atoms with Crippen LogP contribution >= 0.6 is 0 Å². The first-order valence-corrected chi connectivity index (χ1v) is 8.96. The number of hydrogen-bond acceptors (Lipinski definition) is 3. The molecule has 1 aromatic heterocycles. The number of aliphatic hydroxyl groups is 1. The topological polar surface area (TPSA) is 53.4 Å². The quantitative estimate of drug-likeness (QED) is 0.903. The van der Waals surface area contributed by atoms with E-state index in [9.17, 15) is 9.90 Å². The van der Waals surface area contributed by atoms with Gasteiger partial charge in [-0.1, -0.05) is 18.2 Å². The number of nitrogens with zero attached hydrogens (tertiary/aromatic N) is 2. The highest BCUT2D eigenvalue weighted by atomic mass is 16.3. The second-order valence-corrected chi connectivity index (χ2v) is 7.45. The summed E-state index contributed by atoms with van der Waals surface area (Å²) in [4.78, 5) is 19.1. The van der Waals surface area contributed by atoms with Gasteiger partial charge in [0.1, 0.15) is 0 Å². The van der Waals surface area contributed by atoms with Gasteiger partial charge in [-0.3, -0.25) is 9.78 Å². The lowest BCUT2D eigenvalue weighted by molar-refractivity contribution is 0.0710. The molecule has 1 saturated heterocycles. The monoisotopic (exact) mass is 338 g/mol. The highest BCUT2D eigenvalue weighted by Crippen LogP contribution is 2.32. The molecule has 1 amide bonds. The lowest BCUT2D eigenvalue weighted by Gasteiger charge is -2.25. The molecule has 2 heterocycles. The van der Waals surface area contributed by atoms with E-state index in [-0.39, 0.29) is 11.9 Å². The normalized spacial score (nSPS) is 17.7. The van der Waals surface area contributed by atoms with E-state index in [0.29, 0.717) is 6.42 Å². The predicted molar refractivity (Wildman–Crippen MR) is 98.3 cm³/mol. The van der Waals surface area contributed by atoms with E-state index >= 15 is 0 Å². The van der Waals surface area contributed by atoms with Gasteiger partial charge < -0.3 is 10.0 Å². The van der Waals surface area contributed by atoms with Crippen LogP contribution in [0.15, 0.2) is 48.8 Å². The summed E-state index contributed by atoms with van der Waals surface area (Å²) in [5, 5.41) is 9.84. The van der Waals surface area contributed by atoms with Gasteiger partial charge >= 0.3 is 0 Å². The molecule has 1 aromatic carbocycles. The van der Waals surface area contributed by atoms with Gasteiger partial charge in [0.05, 0.1) is 11.6 Å². The third-order valence-electron chi connectivity index (χ3n) is 4.81. The molecule has 132 valence electrons.